The second-order valence-corrected chi connectivity index (χ2v) is 9.33. The molecule has 7 aromatic rings. The van der Waals surface area contributed by atoms with Crippen molar-refractivity contribution >= 4 is 53.9 Å². The summed E-state index contributed by atoms with van der Waals surface area (Å²) in [5, 5.41) is 22.4. The van der Waals surface area contributed by atoms with Crippen LogP contribution in [0.15, 0.2) is 109 Å². The van der Waals surface area contributed by atoms with Crippen LogP contribution in [-0.2, 0) is 0 Å². The third-order valence-corrected chi connectivity index (χ3v) is 6.90. The molecule has 7 rings (SSSR count). The molecule has 0 heterocycles. The van der Waals surface area contributed by atoms with Crippen LogP contribution in [0, 0.1) is 0 Å². The number of rotatable bonds is 1. The average molecular weight is 469 g/mol. The highest BCUT2D eigenvalue weighted by atomic mass is 16.3. The number of benzene rings is 7. The molecule has 1 nitrogen and oxygen atoms in total. The number of phenolic OH excluding ortho intramolecular Hbond substituents is 1. The molecule has 7 aromatic carbocycles. The maximum Gasteiger partial charge on any atom is 0.123 e. The van der Waals surface area contributed by atoms with Gasteiger partial charge in [0.25, 0.3) is 0 Å². The first-order chi connectivity index (χ1) is 17.6. The van der Waals surface area contributed by atoms with Crippen LogP contribution in [0.5, 0.6) is 5.75 Å². The van der Waals surface area contributed by atoms with Gasteiger partial charge in [-0.05, 0) is 66.7 Å². The van der Waals surface area contributed by atoms with Gasteiger partial charge in [0.05, 0.1) is 0 Å². The summed E-state index contributed by atoms with van der Waals surface area (Å²) < 4.78 is 0. The van der Waals surface area contributed by atoms with E-state index in [9.17, 15) is 5.11 Å². The summed E-state index contributed by atoms with van der Waals surface area (Å²) in [7, 11) is 0. The molecule has 0 unspecified atom stereocenters. The van der Waals surface area contributed by atoms with Gasteiger partial charge in [-0.25, -0.2) is 0 Å². The van der Waals surface area contributed by atoms with Crippen molar-refractivity contribution in [2.24, 2.45) is 0 Å². The molecule has 0 aromatic heterocycles. The van der Waals surface area contributed by atoms with Gasteiger partial charge in [-0.15, -0.1) is 0 Å². The number of fused-ring (bicyclic) bond motifs is 2. The smallest absolute Gasteiger partial charge is 0.123 e. The van der Waals surface area contributed by atoms with E-state index in [-0.39, 0.29) is 0 Å². The summed E-state index contributed by atoms with van der Waals surface area (Å²) in [6.45, 7) is 8.54. The van der Waals surface area contributed by atoms with E-state index in [1.807, 2.05) is 26.0 Å². The molecular weight excluding hydrogens is 436 g/mol. The summed E-state index contributed by atoms with van der Waals surface area (Å²) in [6.07, 6.45) is 0. The monoisotopic (exact) mass is 468 g/mol. The van der Waals surface area contributed by atoms with Crippen molar-refractivity contribution < 1.29 is 5.11 Å². The molecule has 0 amide bonds. The zero-order chi connectivity index (χ0) is 25.2. The van der Waals surface area contributed by atoms with E-state index in [0.29, 0.717) is 11.7 Å². The van der Waals surface area contributed by atoms with Crippen LogP contribution in [-0.4, -0.2) is 5.11 Å². The molecule has 36 heavy (non-hydrogen) atoms. The van der Waals surface area contributed by atoms with Crippen LogP contribution < -0.4 is 0 Å². The lowest BCUT2D eigenvalue weighted by atomic mass is 9.90. The quantitative estimate of drug-likeness (QED) is 0.188. The summed E-state index contributed by atoms with van der Waals surface area (Å²) in [4.78, 5) is 0. The second-order valence-electron chi connectivity index (χ2n) is 9.33. The first kappa shape index (κ1) is 23.6. The Balaban J connectivity index is 0.000000139. The van der Waals surface area contributed by atoms with E-state index in [4.69, 9.17) is 0 Å². The Bertz CT molecular complexity index is 1720. The Morgan fingerprint density at radius 3 is 1.53 bits per heavy atom. The van der Waals surface area contributed by atoms with Crippen LogP contribution in [0.1, 0.15) is 39.2 Å². The molecule has 0 aliphatic rings. The summed E-state index contributed by atoms with van der Waals surface area (Å²) in [6, 6.07) is 38.0. The normalized spacial score (nSPS) is 11.1. The molecule has 0 saturated carbocycles. The van der Waals surface area contributed by atoms with Gasteiger partial charge in [0.2, 0.25) is 0 Å². The second kappa shape index (κ2) is 9.87. The fourth-order valence-electron chi connectivity index (χ4n) is 5.39. The van der Waals surface area contributed by atoms with E-state index in [0.717, 1.165) is 5.39 Å². The lowest BCUT2D eigenvalue weighted by molar-refractivity contribution is 0.482. The van der Waals surface area contributed by atoms with Crippen molar-refractivity contribution in [2.45, 2.75) is 33.6 Å². The lowest BCUT2D eigenvalue weighted by Gasteiger charge is -2.14. The van der Waals surface area contributed by atoms with Gasteiger partial charge < -0.3 is 5.11 Å². The first-order valence-corrected chi connectivity index (χ1v) is 12.9. The largest absolute Gasteiger partial charge is 0.507 e. The zero-order valence-electron chi connectivity index (χ0n) is 21.4. The average Bonchev–Trinajstić information content (AvgIpc) is 2.92. The molecule has 178 valence electrons. The summed E-state index contributed by atoms with van der Waals surface area (Å²) in [5.74, 6) is 0.904. The van der Waals surface area contributed by atoms with Gasteiger partial charge in [0.15, 0.2) is 0 Å². The summed E-state index contributed by atoms with van der Waals surface area (Å²) in [5.41, 5.74) is 1.47. The molecule has 0 saturated heterocycles. The third kappa shape index (κ3) is 4.01. The van der Waals surface area contributed by atoms with Crippen molar-refractivity contribution in [1.29, 1.82) is 0 Å². The van der Waals surface area contributed by atoms with Gasteiger partial charge in [0, 0.05) is 10.8 Å². The molecule has 0 aliphatic heterocycles. The topological polar surface area (TPSA) is 20.2 Å². The molecule has 1 N–H and O–H groups in total. The Labute approximate surface area is 213 Å². The molecule has 0 aliphatic carbocycles. The number of aromatic hydroxyl groups is 1. The van der Waals surface area contributed by atoms with Gasteiger partial charge in [0.1, 0.15) is 5.75 Å². The minimum absolute atomic E-state index is 0.357. The van der Waals surface area contributed by atoms with E-state index in [2.05, 4.69) is 105 Å². The number of hydrogen-bond acceptors (Lipinski definition) is 1. The lowest BCUT2D eigenvalue weighted by Crippen LogP contribution is -1.92. The van der Waals surface area contributed by atoms with Gasteiger partial charge in [-0.2, -0.15) is 0 Å². The number of hydrogen-bond donors (Lipinski definition) is 1. The van der Waals surface area contributed by atoms with Crippen LogP contribution in [0.3, 0.4) is 0 Å². The fourth-order valence-corrected chi connectivity index (χ4v) is 5.39. The Kier molecular flexibility index (Phi) is 6.48. The molecule has 0 radical (unpaired) electrons. The Morgan fingerprint density at radius 1 is 0.472 bits per heavy atom. The zero-order valence-corrected chi connectivity index (χ0v) is 21.4. The highest BCUT2D eigenvalue weighted by Crippen LogP contribution is 2.38. The van der Waals surface area contributed by atoms with Crippen LogP contribution >= 0.6 is 0 Å². The molecule has 0 atom stereocenters. The predicted molar refractivity (Wildman–Crippen MR) is 159 cm³/mol. The maximum absolute atomic E-state index is 9.95. The SMILES string of the molecule is CC.CC(C)c1c2ccccc2cc2ccccc12.Oc1ccc2ccc3cccc4ccc1c2c34. The Morgan fingerprint density at radius 2 is 0.944 bits per heavy atom. The van der Waals surface area contributed by atoms with Crippen molar-refractivity contribution in [3.63, 3.8) is 0 Å². The van der Waals surface area contributed by atoms with E-state index in [1.165, 1.54) is 54.0 Å². The van der Waals surface area contributed by atoms with Crippen molar-refractivity contribution in [2.75, 3.05) is 0 Å². The standard InChI is InChI=1S/C17H16.C16H10O.C2H6/c1-12(2)17-15-9-5-3-7-13(15)11-14-8-4-6-10-16(14)17;17-14-9-7-12-5-4-10-2-1-3-11-6-8-13(14)16(12)15(10)11;1-2/h3-12H,1-2H3;1-9,17H;1-2H3. The van der Waals surface area contributed by atoms with Gasteiger partial charge in [-0.1, -0.05) is 125 Å². The minimum atomic E-state index is 0.357. The highest BCUT2D eigenvalue weighted by molar-refractivity contribution is 6.24. The maximum atomic E-state index is 9.95. The van der Waals surface area contributed by atoms with Crippen LogP contribution in [0.4, 0.5) is 0 Å². The van der Waals surface area contributed by atoms with Gasteiger partial charge >= 0.3 is 0 Å². The fraction of sp³-hybridized carbons (Fsp3) is 0.143. The van der Waals surface area contributed by atoms with Crippen molar-refractivity contribution in [1.82, 2.24) is 0 Å². The van der Waals surface area contributed by atoms with E-state index >= 15 is 0 Å². The first-order valence-electron chi connectivity index (χ1n) is 12.9. The number of phenols is 1. The molecular formula is C35H32O. The van der Waals surface area contributed by atoms with E-state index < -0.39 is 0 Å². The van der Waals surface area contributed by atoms with Crippen LogP contribution in [0.25, 0.3) is 53.9 Å². The highest BCUT2D eigenvalue weighted by Gasteiger charge is 2.10. The predicted octanol–water partition coefficient (Wildman–Crippen LogP) is 10.4. The van der Waals surface area contributed by atoms with E-state index in [1.54, 1.807) is 6.07 Å². The van der Waals surface area contributed by atoms with Crippen molar-refractivity contribution in [3.05, 3.63) is 115 Å². The summed E-state index contributed by atoms with van der Waals surface area (Å²) >= 11 is 0. The third-order valence-electron chi connectivity index (χ3n) is 6.90. The van der Waals surface area contributed by atoms with Gasteiger partial charge in [-0.3, -0.25) is 0 Å². The Hall–Kier alpha value is -4.10. The van der Waals surface area contributed by atoms with Crippen molar-refractivity contribution in [3.8, 4) is 5.75 Å². The van der Waals surface area contributed by atoms with Crippen LogP contribution in [0.2, 0.25) is 0 Å². The molecule has 0 bridgehead atoms. The molecule has 0 spiro atoms. The molecule has 1 heteroatoms. The minimum Gasteiger partial charge on any atom is -0.507 e. The molecule has 0 fully saturated rings.